The average Bonchev–Trinajstić information content (AvgIpc) is 2.25. The average molecular weight is 269 g/mol. The predicted molar refractivity (Wildman–Crippen MR) is 60.9 cm³/mol. The van der Waals surface area contributed by atoms with Gasteiger partial charge in [0.05, 0.1) is 12.5 Å². The minimum absolute atomic E-state index is 0. The van der Waals surface area contributed by atoms with Crippen molar-refractivity contribution in [3.8, 4) is 0 Å². The van der Waals surface area contributed by atoms with Crippen molar-refractivity contribution in [3.05, 3.63) is 0 Å². The number of hydrogen-bond donors (Lipinski definition) is 0. The van der Waals surface area contributed by atoms with E-state index in [9.17, 15) is 19.1 Å². The summed E-state index contributed by atoms with van der Waals surface area (Å²) in [5, 5.41) is 10.5. The number of amides is 1. The van der Waals surface area contributed by atoms with Crippen LogP contribution in [0.15, 0.2) is 0 Å². The summed E-state index contributed by atoms with van der Waals surface area (Å²) in [6.45, 7) is 3.70. The molecule has 0 aromatic carbocycles. The van der Waals surface area contributed by atoms with Crippen LogP contribution in [0, 0.1) is 0 Å². The van der Waals surface area contributed by atoms with Gasteiger partial charge < -0.3 is 14.8 Å². The molecule has 4 nitrogen and oxygen atoms in total. The molecule has 0 radical (unpaired) electrons. The Morgan fingerprint density at radius 1 is 1.22 bits per heavy atom. The van der Waals surface area contributed by atoms with E-state index in [1.165, 1.54) is 4.90 Å². The standard InChI is InChI=1S/C12H22FNO3.Na/c1-3-5-10(13)6-7-11(15)14(8-4-2)9-12(16)17;/h10H,3-9H2,1-2H3,(H,16,17);/q;+1/p-1. The van der Waals surface area contributed by atoms with E-state index in [-0.39, 0.29) is 48.3 Å². The van der Waals surface area contributed by atoms with Gasteiger partial charge in [0.25, 0.3) is 0 Å². The van der Waals surface area contributed by atoms with Crippen molar-refractivity contribution < 1.29 is 48.6 Å². The van der Waals surface area contributed by atoms with Crippen LogP contribution < -0.4 is 34.7 Å². The Morgan fingerprint density at radius 2 is 1.83 bits per heavy atom. The van der Waals surface area contributed by atoms with Crippen LogP contribution in [0.25, 0.3) is 0 Å². The molecule has 0 saturated heterocycles. The topological polar surface area (TPSA) is 60.4 Å². The number of halogens is 1. The largest absolute Gasteiger partial charge is 1.00 e. The molecule has 0 spiro atoms. The summed E-state index contributed by atoms with van der Waals surface area (Å²) in [5.41, 5.74) is 0. The first-order valence-electron chi connectivity index (χ1n) is 6.12. The number of alkyl halides is 1. The summed E-state index contributed by atoms with van der Waals surface area (Å²) in [6.07, 6.45) is 1.12. The zero-order valence-corrected chi connectivity index (χ0v) is 13.6. The van der Waals surface area contributed by atoms with Crippen LogP contribution in [0.4, 0.5) is 4.39 Å². The van der Waals surface area contributed by atoms with E-state index in [0.29, 0.717) is 19.4 Å². The first kappa shape index (κ1) is 20.2. The molecule has 0 N–H and O–H groups in total. The summed E-state index contributed by atoms with van der Waals surface area (Å²) >= 11 is 0. The number of nitrogens with zero attached hydrogens (tertiary/aromatic N) is 1. The number of carboxylic acid groups (broad SMARTS) is 1. The molecular formula is C12H21FNNaO3. The third kappa shape index (κ3) is 9.85. The fourth-order valence-corrected chi connectivity index (χ4v) is 1.61. The molecule has 0 aliphatic heterocycles. The molecule has 0 bridgehead atoms. The second-order valence-electron chi connectivity index (χ2n) is 4.11. The second-order valence-corrected chi connectivity index (χ2v) is 4.11. The molecule has 0 saturated carbocycles. The fraction of sp³-hybridized carbons (Fsp3) is 0.833. The van der Waals surface area contributed by atoms with Gasteiger partial charge in [0.15, 0.2) is 0 Å². The Balaban J connectivity index is 0. The summed E-state index contributed by atoms with van der Waals surface area (Å²) in [5.74, 6) is -1.59. The minimum atomic E-state index is -1.28. The molecular weight excluding hydrogens is 248 g/mol. The van der Waals surface area contributed by atoms with Crippen LogP contribution in [0.1, 0.15) is 46.0 Å². The molecule has 100 valence electrons. The smallest absolute Gasteiger partial charge is 0.548 e. The van der Waals surface area contributed by atoms with Gasteiger partial charge in [-0.2, -0.15) is 0 Å². The predicted octanol–water partition coefficient (Wildman–Crippen LogP) is -2.10. The Bertz CT molecular complexity index is 251. The van der Waals surface area contributed by atoms with Gasteiger partial charge in [-0.05, 0) is 19.3 Å². The Labute approximate surface area is 130 Å². The van der Waals surface area contributed by atoms with Crippen molar-refractivity contribution in [1.82, 2.24) is 4.90 Å². The Morgan fingerprint density at radius 3 is 2.28 bits per heavy atom. The van der Waals surface area contributed by atoms with Crippen molar-refractivity contribution in [3.63, 3.8) is 0 Å². The number of hydrogen-bond acceptors (Lipinski definition) is 3. The SMILES string of the molecule is CCCC(F)CCC(=O)N(CCC)CC(=O)[O-].[Na+]. The van der Waals surface area contributed by atoms with Crippen LogP contribution in [0.5, 0.6) is 0 Å². The fourth-order valence-electron chi connectivity index (χ4n) is 1.61. The molecule has 0 heterocycles. The maximum Gasteiger partial charge on any atom is 1.00 e. The van der Waals surface area contributed by atoms with E-state index in [1.807, 2.05) is 13.8 Å². The third-order valence-electron chi connectivity index (χ3n) is 2.44. The van der Waals surface area contributed by atoms with Crippen molar-refractivity contribution in [2.45, 2.75) is 52.1 Å². The quantitative estimate of drug-likeness (QED) is 0.450. The van der Waals surface area contributed by atoms with E-state index in [2.05, 4.69) is 0 Å². The van der Waals surface area contributed by atoms with Gasteiger partial charge in [-0.25, -0.2) is 4.39 Å². The second kappa shape index (κ2) is 11.9. The molecule has 0 aliphatic carbocycles. The number of rotatable bonds is 9. The minimum Gasteiger partial charge on any atom is -0.548 e. The summed E-state index contributed by atoms with van der Waals surface area (Å²) in [6, 6.07) is 0. The van der Waals surface area contributed by atoms with Gasteiger partial charge in [0.2, 0.25) is 5.91 Å². The van der Waals surface area contributed by atoms with Crippen LogP contribution >= 0.6 is 0 Å². The van der Waals surface area contributed by atoms with Crippen molar-refractivity contribution in [2.24, 2.45) is 0 Å². The number of carboxylic acids is 1. The maximum absolute atomic E-state index is 13.2. The molecule has 1 unspecified atom stereocenters. The first-order chi connectivity index (χ1) is 8.01. The van der Waals surface area contributed by atoms with E-state index in [1.54, 1.807) is 0 Å². The van der Waals surface area contributed by atoms with E-state index in [4.69, 9.17) is 0 Å². The number of carbonyl (C=O) groups excluding carboxylic acids is 2. The molecule has 0 aromatic rings. The molecule has 0 fully saturated rings. The molecule has 0 aliphatic rings. The monoisotopic (exact) mass is 269 g/mol. The summed E-state index contributed by atoms with van der Waals surface area (Å²) in [7, 11) is 0. The van der Waals surface area contributed by atoms with E-state index < -0.39 is 18.7 Å². The zero-order chi connectivity index (χ0) is 13.3. The third-order valence-corrected chi connectivity index (χ3v) is 2.44. The van der Waals surface area contributed by atoms with Gasteiger partial charge in [-0.3, -0.25) is 4.79 Å². The van der Waals surface area contributed by atoms with Crippen molar-refractivity contribution >= 4 is 11.9 Å². The molecule has 1 amide bonds. The maximum atomic E-state index is 13.2. The summed E-state index contributed by atoms with van der Waals surface area (Å²) < 4.78 is 13.2. The van der Waals surface area contributed by atoms with Crippen molar-refractivity contribution in [1.29, 1.82) is 0 Å². The van der Waals surface area contributed by atoms with Crippen LogP contribution in [0.2, 0.25) is 0 Å². The van der Waals surface area contributed by atoms with Gasteiger partial charge in [-0.1, -0.05) is 20.3 Å². The first-order valence-corrected chi connectivity index (χ1v) is 6.12. The van der Waals surface area contributed by atoms with Gasteiger partial charge in [0.1, 0.15) is 6.17 Å². The van der Waals surface area contributed by atoms with Crippen LogP contribution in [-0.2, 0) is 9.59 Å². The normalized spacial score (nSPS) is 11.5. The number of aliphatic carboxylic acids is 1. The number of carbonyl (C=O) groups is 2. The zero-order valence-electron chi connectivity index (χ0n) is 11.6. The van der Waals surface area contributed by atoms with Crippen LogP contribution in [-0.4, -0.2) is 36.0 Å². The molecule has 18 heavy (non-hydrogen) atoms. The van der Waals surface area contributed by atoms with Crippen molar-refractivity contribution in [2.75, 3.05) is 13.1 Å². The molecule has 0 aromatic heterocycles. The molecule has 6 heteroatoms. The van der Waals surface area contributed by atoms with Gasteiger partial charge in [0, 0.05) is 13.0 Å². The molecule has 0 rings (SSSR count). The Hall–Kier alpha value is -0.130. The van der Waals surface area contributed by atoms with Gasteiger partial charge in [-0.15, -0.1) is 0 Å². The Kier molecular flexibility index (Phi) is 13.4. The molecule has 1 atom stereocenters. The van der Waals surface area contributed by atoms with E-state index >= 15 is 0 Å². The van der Waals surface area contributed by atoms with E-state index in [0.717, 1.165) is 6.42 Å². The van der Waals surface area contributed by atoms with Gasteiger partial charge >= 0.3 is 29.6 Å². The van der Waals surface area contributed by atoms with Crippen LogP contribution in [0.3, 0.4) is 0 Å². The summed E-state index contributed by atoms with van der Waals surface area (Å²) in [4.78, 5) is 23.3.